The van der Waals surface area contributed by atoms with Gasteiger partial charge in [-0.1, -0.05) is 66.3 Å². The lowest BCUT2D eigenvalue weighted by Gasteiger charge is -2.11. The minimum absolute atomic E-state index is 0.212. The number of benzene rings is 2. The lowest BCUT2D eigenvalue weighted by Crippen LogP contribution is -2.14. The number of hydrogen-bond acceptors (Lipinski definition) is 5. The Morgan fingerprint density at radius 1 is 0.969 bits per heavy atom. The molecule has 32 heavy (non-hydrogen) atoms. The van der Waals surface area contributed by atoms with Crippen LogP contribution in [0.5, 0.6) is 0 Å². The third kappa shape index (κ3) is 4.53. The van der Waals surface area contributed by atoms with Crippen LogP contribution in [0.25, 0.3) is 0 Å². The number of para-hydroxylation sites is 1. The van der Waals surface area contributed by atoms with Crippen molar-refractivity contribution in [3.05, 3.63) is 101 Å². The summed E-state index contributed by atoms with van der Waals surface area (Å²) in [4.78, 5) is 21.1. The summed E-state index contributed by atoms with van der Waals surface area (Å²) in [6.07, 6.45) is 1.76. The largest absolute Gasteiger partial charge is 0.396 e. The summed E-state index contributed by atoms with van der Waals surface area (Å²) < 4.78 is 0. The zero-order chi connectivity index (χ0) is 22.7. The number of pyridine rings is 1. The van der Waals surface area contributed by atoms with E-state index in [-0.39, 0.29) is 17.2 Å². The van der Waals surface area contributed by atoms with Crippen molar-refractivity contribution in [2.24, 2.45) is 0 Å². The van der Waals surface area contributed by atoms with Crippen LogP contribution >= 0.6 is 12.2 Å². The van der Waals surface area contributed by atoms with Gasteiger partial charge in [0.1, 0.15) is 22.3 Å². The molecular weight excluding hydrogens is 418 g/mol. The van der Waals surface area contributed by atoms with Crippen LogP contribution in [0.15, 0.2) is 72.9 Å². The number of nitrogens with two attached hydrogens (primary N) is 1. The molecule has 0 saturated carbocycles. The number of H-pyrrole nitrogens is 1. The summed E-state index contributed by atoms with van der Waals surface area (Å²) >= 11 is 5.67. The number of ketones is 1. The molecule has 0 aliphatic rings. The number of hydrogen-bond donors (Lipinski definition) is 4. The van der Waals surface area contributed by atoms with Gasteiger partial charge in [-0.25, -0.2) is 4.98 Å². The van der Waals surface area contributed by atoms with Crippen molar-refractivity contribution in [2.75, 3.05) is 16.4 Å². The summed E-state index contributed by atoms with van der Waals surface area (Å²) in [6, 6.07) is 20.7. The molecule has 0 amide bonds. The van der Waals surface area contributed by atoms with E-state index in [1.165, 1.54) is 0 Å². The maximum absolute atomic E-state index is 13.2. The fraction of sp³-hybridized carbons (Fsp3) is 0.0800. The third-order valence-corrected chi connectivity index (χ3v) is 5.31. The maximum Gasteiger partial charge on any atom is 0.211 e. The molecular formula is C25H23N5OS. The van der Waals surface area contributed by atoms with Crippen molar-refractivity contribution in [1.82, 2.24) is 9.97 Å². The smallest absolute Gasteiger partial charge is 0.211 e. The molecule has 4 aromatic rings. The van der Waals surface area contributed by atoms with Crippen LogP contribution in [-0.4, -0.2) is 20.7 Å². The molecule has 6 nitrogen and oxygen atoms in total. The average molecular weight is 442 g/mol. The molecule has 0 atom stereocenters. The van der Waals surface area contributed by atoms with Crippen molar-refractivity contribution in [1.29, 1.82) is 0 Å². The number of nitrogen functional groups attached to an aromatic ring is 1. The van der Waals surface area contributed by atoms with Gasteiger partial charge in [-0.2, -0.15) is 0 Å². The van der Waals surface area contributed by atoms with E-state index < -0.39 is 0 Å². The molecule has 2 heterocycles. The molecule has 4 rings (SSSR count). The van der Waals surface area contributed by atoms with Gasteiger partial charge in [0.15, 0.2) is 0 Å². The minimum atomic E-state index is -0.212. The maximum atomic E-state index is 13.2. The van der Waals surface area contributed by atoms with Gasteiger partial charge in [0.25, 0.3) is 0 Å². The SMILES string of the molecule is Cc1ccc(C(=O)c2[nH]c(Nc3ccc(C)cn3)c(C(=S)Nc3ccccc3)c2N)cc1. The predicted molar refractivity (Wildman–Crippen MR) is 134 cm³/mol. The Morgan fingerprint density at radius 2 is 1.66 bits per heavy atom. The van der Waals surface area contributed by atoms with E-state index in [0.717, 1.165) is 16.8 Å². The van der Waals surface area contributed by atoms with Crippen LogP contribution in [0.2, 0.25) is 0 Å². The molecule has 0 bridgehead atoms. The van der Waals surface area contributed by atoms with E-state index in [1.807, 2.05) is 68.4 Å². The van der Waals surface area contributed by atoms with Gasteiger partial charge in [0.05, 0.1) is 11.3 Å². The summed E-state index contributed by atoms with van der Waals surface area (Å²) in [5.74, 6) is 0.897. The van der Waals surface area contributed by atoms with E-state index in [4.69, 9.17) is 18.0 Å². The lowest BCUT2D eigenvalue weighted by molar-refractivity contribution is 0.103. The number of aromatic nitrogens is 2. The van der Waals surface area contributed by atoms with Gasteiger partial charge in [-0.05, 0) is 37.6 Å². The Balaban J connectivity index is 1.74. The zero-order valence-electron chi connectivity index (χ0n) is 17.8. The van der Waals surface area contributed by atoms with Crippen molar-refractivity contribution < 1.29 is 4.79 Å². The number of carbonyl (C=O) groups excluding carboxylic acids is 1. The van der Waals surface area contributed by atoms with E-state index in [9.17, 15) is 4.79 Å². The van der Waals surface area contributed by atoms with Crippen LogP contribution in [-0.2, 0) is 0 Å². The molecule has 2 aromatic carbocycles. The molecule has 0 aliphatic carbocycles. The lowest BCUT2D eigenvalue weighted by atomic mass is 10.1. The third-order valence-electron chi connectivity index (χ3n) is 5.00. The van der Waals surface area contributed by atoms with E-state index in [1.54, 1.807) is 18.3 Å². The molecule has 0 radical (unpaired) electrons. The molecule has 7 heteroatoms. The first-order valence-corrected chi connectivity index (χ1v) is 10.5. The van der Waals surface area contributed by atoms with Crippen molar-refractivity contribution in [3.8, 4) is 0 Å². The fourth-order valence-electron chi connectivity index (χ4n) is 3.26. The topological polar surface area (TPSA) is 95.8 Å². The summed E-state index contributed by atoms with van der Waals surface area (Å²) in [7, 11) is 0. The Labute approximate surface area is 191 Å². The van der Waals surface area contributed by atoms with Crippen molar-refractivity contribution in [3.63, 3.8) is 0 Å². The summed E-state index contributed by atoms with van der Waals surface area (Å²) in [5.41, 5.74) is 11.0. The van der Waals surface area contributed by atoms with E-state index in [2.05, 4.69) is 20.6 Å². The molecule has 5 N–H and O–H groups in total. The number of nitrogens with zero attached hydrogens (tertiary/aromatic N) is 1. The van der Waals surface area contributed by atoms with Gasteiger partial charge in [-0.15, -0.1) is 0 Å². The Kier molecular flexibility index (Phi) is 6.00. The summed E-state index contributed by atoms with van der Waals surface area (Å²) in [5, 5.41) is 6.41. The number of thiocarbonyl (C=S) groups is 1. The molecule has 0 saturated heterocycles. The highest BCUT2D eigenvalue weighted by Gasteiger charge is 2.24. The monoisotopic (exact) mass is 441 g/mol. The predicted octanol–water partition coefficient (Wildman–Crippen LogP) is 5.37. The minimum Gasteiger partial charge on any atom is -0.396 e. The van der Waals surface area contributed by atoms with E-state index in [0.29, 0.717) is 27.8 Å². The molecule has 0 unspecified atom stereocenters. The zero-order valence-corrected chi connectivity index (χ0v) is 18.6. The summed E-state index contributed by atoms with van der Waals surface area (Å²) in [6.45, 7) is 3.94. The van der Waals surface area contributed by atoms with Gasteiger partial charge in [0.2, 0.25) is 5.78 Å². The van der Waals surface area contributed by atoms with Gasteiger partial charge < -0.3 is 21.4 Å². The molecule has 2 aromatic heterocycles. The molecule has 0 fully saturated rings. The van der Waals surface area contributed by atoms with Crippen molar-refractivity contribution >= 4 is 46.0 Å². The van der Waals surface area contributed by atoms with Crippen LogP contribution in [0.4, 0.5) is 23.0 Å². The highest BCUT2D eigenvalue weighted by molar-refractivity contribution is 7.81. The number of aromatic amines is 1. The van der Waals surface area contributed by atoms with Gasteiger partial charge >= 0.3 is 0 Å². The second-order valence-corrected chi connectivity index (χ2v) is 7.93. The van der Waals surface area contributed by atoms with Gasteiger partial charge in [0, 0.05) is 17.4 Å². The molecule has 0 aliphatic heterocycles. The molecule has 160 valence electrons. The van der Waals surface area contributed by atoms with E-state index >= 15 is 0 Å². The Hall–Kier alpha value is -3.97. The highest BCUT2D eigenvalue weighted by atomic mass is 32.1. The fourth-order valence-corrected chi connectivity index (χ4v) is 3.59. The van der Waals surface area contributed by atoms with Crippen LogP contribution in [0.1, 0.15) is 32.7 Å². The first kappa shape index (κ1) is 21.3. The quantitative estimate of drug-likeness (QED) is 0.237. The second kappa shape index (κ2) is 9.03. The van der Waals surface area contributed by atoms with Crippen molar-refractivity contribution in [2.45, 2.75) is 13.8 Å². The number of anilines is 4. The Morgan fingerprint density at radius 3 is 2.31 bits per heavy atom. The number of carbonyl (C=O) groups is 1. The Bertz CT molecular complexity index is 1260. The number of nitrogens with one attached hydrogen (secondary N) is 3. The van der Waals surface area contributed by atoms with Crippen LogP contribution in [0.3, 0.4) is 0 Å². The normalized spacial score (nSPS) is 10.6. The number of aryl methyl sites for hydroxylation is 2. The standard InChI is InChI=1S/C25H23N5OS/c1-15-8-11-17(12-9-15)23(31)22-21(26)20(25(32)28-18-6-4-3-5-7-18)24(30-22)29-19-13-10-16(2)14-27-19/h3-14,30H,26H2,1-2H3,(H,27,29)(H,28,32). The van der Waals surface area contributed by atoms with Gasteiger partial charge in [-0.3, -0.25) is 4.79 Å². The number of rotatable bonds is 6. The average Bonchev–Trinajstić information content (AvgIpc) is 3.11. The highest BCUT2D eigenvalue weighted by Crippen LogP contribution is 2.31. The second-order valence-electron chi connectivity index (χ2n) is 7.52. The first-order chi connectivity index (χ1) is 15.4. The first-order valence-electron chi connectivity index (χ1n) is 10.1. The van der Waals surface area contributed by atoms with Crippen LogP contribution in [0, 0.1) is 13.8 Å². The van der Waals surface area contributed by atoms with Crippen LogP contribution < -0.4 is 16.4 Å². The molecule has 0 spiro atoms.